The van der Waals surface area contributed by atoms with Gasteiger partial charge < -0.3 is 9.84 Å². The topological polar surface area (TPSA) is 126 Å². The van der Waals surface area contributed by atoms with Crippen LogP contribution in [0.2, 0.25) is 0 Å². The lowest BCUT2D eigenvalue weighted by Crippen LogP contribution is -2.42. The van der Waals surface area contributed by atoms with E-state index in [1.807, 2.05) is 0 Å². The molecule has 9 nitrogen and oxygen atoms in total. The molecule has 132 valence electrons. The lowest BCUT2D eigenvalue weighted by Gasteiger charge is -2.11. The molecule has 2 heterocycles. The minimum absolute atomic E-state index is 0.000248. The third-order valence-corrected chi connectivity index (χ3v) is 4.09. The molecule has 0 saturated heterocycles. The maximum absolute atomic E-state index is 12.0. The van der Waals surface area contributed by atoms with Gasteiger partial charge in [-0.3, -0.25) is 30.2 Å². The van der Waals surface area contributed by atoms with E-state index in [2.05, 4.69) is 26.3 Å². The Balaban J connectivity index is 1.70. The number of aryl methyl sites for hydroxylation is 1. The highest BCUT2D eigenvalue weighted by atomic mass is 32.2. The molecule has 0 spiro atoms. The van der Waals surface area contributed by atoms with Crippen molar-refractivity contribution in [2.24, 2.45) is 0 Å². The van der Waals surface area contributed by atoms with Crippen molar-refractivity contribution in [1.82, 2.24) is 21.0 Å². The van der Waals surface area contributed by atoms with Crippen LogP contribution in [0, 0.1) is 6.92 Å². The molecule has 0 saturated carbocycles. The highest BCUT2D eigenvalue weighted by Crippen LogP contribution is 2.13. The second-order valence-corrected chi connectivity index (χ2v) is 6.34. The molecule has 1 unspecified atom stereocenters. The van der Waals surface area contributed by atoms with Crippen LogP contribution in [-0.2, 0) is 9.59 Å². The van der Waals surface area contributed by atoms with Crippen LogP contribution in [0.15, 0.2) is 35.1 Å². The Hall–Kier alpha value is -2.88. The summed E-state index contributed by atoms with van der Waals surface area (Å²) in [5, 5.41) is 5.76. The SMILES string of the molecule is Cc1cc(NC(=O)C(C)SCC(=O)NNC(=O)c2cccnc2)no1. The predicted molar refractivity (Wildman–Crippen MR) is 91.6 cm³/mol. The number of amides is 3. The first-order valence-corrected chi connectivity index (χ1v) is 8.35. The average Bonchev–Trinajstić information content (AvgIpc) is 3.02. The Morgan fingerprint density at radius 2 is 2.12 bits per heavy atom. The third kappa shape index (κ3) is 5.92. The summed E-state index contributed by atoms with van der Waals surface area (Å²) in [5.41, 5.74) is 4.89. The van der Waals surface area contributed by atoms with Gasteiger partial charge in [0.1, 0.15) is 5.76 Å². The maximum Gasteiger partial charge on any atom is 0.271 e. The normalized spacial score (nSPS) is 11.4. The molecule has 25 heavy (non-hydrogen) atoms. The summed E-state index contributed by atoms with van der Waals surface area (Å²) in [6, 6.07) is 4.78. The molecule has 1 atom stereocenters. The molecule has 0 aromatic carbocycles. The van der Waals surface area contributed by atoms with Crippen molar-refractivity contribution < 1.29 is 18.9 Å². The van der Waals surface area contributed by atoms with Gasteiger partial charge in [0, 0.05) is 18.5 Å². The van der Waals surface area contributed by atoms with Gasteiger partial charge >= 0.3 is 0 Å². The standard InChI is InChI=1S/C15H17N5O4S/c1-9-6-12(20-24-9)17-14(22)10(2)25-8-13(21)18-19-15(23)11-4-3-5-16-7-11/h3-7,10H,8H2,1-2H3,(H,18,21)(H,19,23)(H,17,20,22). The van der Waals surface area contributed by atoms with Crippen LogP contribution in [0.4, 0.5) is 5.82 Å². The van der Waals surface area contributed by atoms with Crippen molar-refractivity contribution in [1.29, 1.82) is 0 Å². The molecule has 0 radical (unpaired) electrons. The second kappa shape index (κ2) is 8.83. The van der Waals surface area contributed by atoms with E-state index < -0.39 is 17.1 Å². The first-order valence-electron chi connectivity index (χ1n) is 7.30. The Morgan fingerprint density at radius 1 is 1.32 bits per heavy atom. The van der Waals surface area contributed by atoms with Crippen LogP contribution in [0.5, 0.6) is 0 Å². The number of hydrazine groups is 1. The molecule has 10 heteroatoms. The van der Waals surface area contributed by atoms with Gasteiger partial charge in [0.15, 0.2) is 5.82 Å². The van der Waals surface area contributed by atoms with Crippen LogP contribution < -0.4 is 16.2 Å². The first kappa shape index (κ1) is 18.5. The van der Waals surface area contributed by atoms with E-state index in [1.54, 1.807) is 38.2 Å². The van der Waals surface area contributed by atoms with Crippen LogP contribution in [0.1, 0.15) is 23.0 Å². The number of aromatic nitrogens is 2. The van der Waals surface area contributed by atoms with Gasteiger partial charge in [-0.15, -0.1) is 11.8 Å². The zero-order valence-corrected chi connectivity index (χ0v) is 14.4. The molecule has 2 rings (SSSR count). The highest BCUT2D eigenvalue weighted by Gasteiger charge is 2.17. The summed E-state index contributed by atoms with van der Waals surface area (Å²) in [4.78, 5) is 39.3. The molecule has 0 aliphatic carbocycles. The third-order valence-electron chi connectivity index (χ3n) is 2.95. The van der Waals surface area contributed by atoms with Crippen molar-refractivity contribution in [3.63, 3.8) is 0 Å². The van der Waals surface area contributed by atoms with E-state index in [0.717, 1.165) is 11.8 Å². The summed E-state index contributed by atoms with van der Waals surface area (Å²) in [5.74, 6) is -0.300. The van der Waals surface area contributed by atoms with Crippen LogP contribution in [0.25, 0.3) is 0 Å². The van der Waals surface area contributed by atoms with E-state index in [1.165, 1.54) is 6.20 Å². The minimum Gasteiger partial charge on any atom is -0.360 e. The summed E-state index contributed by atoms with van der Waals surface area (Å²) < 4.78 is 4.85. The highest BCUT2D eigenvalue weighted by molar-refractivity contribution is 8.01. The Kier molecular flexibility index (Phi) is 6.52. The molecular formula is C15H17N5O4S. The smallest absolute Gasteiger partial charge is 0.271 e. The van der Waals surface area contributed by atoms with E-state index in [9.17, 15) is 14.4 Å². The molecular weight excluding hydrogens is 346 g/mol. The summed E-state index contributed by atoms with van der Waals surface area (Å²) >= 11 is 1.12. The first-order chi connectivity index (χ1) is 12.0. The number of nitrogens with one attached hydrogen (secondary N) is 3. The average molecular weight is 363 g/mol. The molecule has 0 fully saturated rings. The number of anilines is 1. The van der Waals surface area contributed by atoms with Crippen molar-refractivity contribution >= 4 is 35.3 Å². The van der Waals surface area contributed by atoms with Gasteiger partial charge in [-0.1, -0.05) is 5.16 Å². The quantitative estimate of drug-likeness (QED) is 0.651. The molecule has 2 aromatic heterocycles. The number of pyridine rings is 1. The van der Waals surface area contributed by atoms with Crippen LogP contribution in [0.3, 0.4) is 0 Å². The Bertz CT molecular complexity index is 749. The molecule has 0 aliphatic rings. The molecule has 0 aliphatic heterocycles. The van der Waals surface area contributed by atoms with Crippen molar-refractivity contribution in [3.05, 3.63) is 41.9 Å². The molecule has 0 bridgehead atoms. The number of hydrogen-bond donors (Lipinski definition) is 3. The van der Waals surface area contributed by atoms with Crippen LogP contribution in [-0.4, -0.2) is 38.9 Å². The number of nitrogens with zero attached hydrogens (tertiary/aromatic N) is 2. The minimum atomic E-state index is -0.489. The number of carbonyl (C=O) groups is 3. The molecule has 3 N–H and O–H groups in total. The number of hydrogen-bond acceptors (Lipinski definition) is 7. The fraction of sp³-hybridized carbons (Fsp3) is 0.267. The summed E-state index contributed by atoms with van der Waals surface area (Å²) in [7, 11) is 0. The fourth-order valence-electron chi connectivity index (χ4n) is 1.66. The maximum atomic E-state index is 12.0. The van der Waals surface area contributed by atoms with E-state index in [-0.39, 0.29) is 11.7 Å². The number of carbonyl (C=O) groups excluding carboxylic acids is 3. The molecule has 2 aromatic rings. The van der Waals surface area contributed by atoms with Gasteiger partial charge in [0.2, 0.25) is 11.8 Å². The van der Waals surface area contributed by atoms with Gasteiger partial charge in [-0.25, -0.2) is 0 Å². The van der Waals surface area contributed by atoms with E-state index in [0.29, 0.717) is 17.1 Å². The summed E-state index contributed by atoms with van der Waals surface area (Å²) in [6.45, 7) is 3.37. The monoisotopic (exact) mass is 363 g/mol. The van der Waals surface area contributed by atoms with Gasteiger partial charge in [0.25, 0.3) is 5.91 Å². The number of rotatable bonds is 6. The lowest BCUT2D eigenvalue weighted by atomic mass is 10.3. The van der Waals surface area contributed by atoms with E-state index >= 15 is 0 Å². The lowest BCUT2D eigenvalue weighted by molar-refractivity contribution is -0.119. The Morgan fingerprint density at radius 3 is 2.76 bits per heavy atom. The van der Waals surface area contributed by atoms with E-state index in [4.69, 9.17) is 4.52 Å². The zero-order valence-electron chi connectivity index (χ0n) is 13.6. The number of thioether (sulfide) groups is 1. The Labute approximate surface area is 147 Å². The predicted octanol–water partition coefficient (Wildman–Crippen LogP) is 0.899. The second-order valence-electron chi connectivity index (χ2n) is 5.01. The van der Waals surface area contributed by atoms with Gasteiger partial charge in [-0.05, 0) is 26.0 Å². The van der Waals surface area contributed by atoms with Gasteiger partial charge in [0.05, 0.1) is 16.6 Å². The molecule has 3 amide bonds. The van der Waals surface area contributed by atoms with Crippen molar-refractivity contribution in [2.45, 2.75) is 19.1 Å². The van der Waals surface area contributed by atoms with Crippen molar-refractivity contribution in [2.75, 3.05) is 11.1 Å². The summed E-state index contributed by atoms with van der Waals surface area (Å²) in [6.07, 6.45) is 2.92. The largest absolute Gasteiger partial charge is 0.360 e. The van der Waals surface area contributed by atoms with Gasteiger partial charge in [-0.2, -0.15) is 0 Å². The zero-order chi connectivity index (χ0) is 18.2. The van der Waals surface area contributed by atoms with Crippen molar-refractivity contribution in [3.8, 4) is 0 Å². The van der Waals surface area contributed by atoms with Crippen LogP contribution >= 0.6 is 11.8 Å². The fourth-order valence-corrected chi connectivity index (χ4v) is 2.35.